The fourth-order valence-corrected chi connectivity index (χ4v) is 3.70. The maximum atomic E-state index is 12.4. The average molecular weight is 417 g/mol. The van der Waals surface area contributed by atoms with Crippen molar-refractivity contribution in [2.45, 2.75) is 0 Å². The molecule has 0 spiro atoms. The van der Waals surface area contributed by atoms with Gasteiger partial charge in [0.2, 0.25) is 0 Å². The van der Waals surface area contributed by atoms with E-state index in [-0.39, 0.29) is 18.4 Å². The average Bonchev–Trinajstić information content (AvgIpc) is 3.30. The molecule has 1 fully saturated rings. The number of amides is 2. The van der Waals surface area contributed by atoms with Gasteiger partial charge in [-0.15, -0.1) is 11.3 Å². The Labute approximate surface area is 173 Å². The molecule has 0 saturated carbocycles. The number of piperazine rings is 1. The first-order valence-corrected chi connectivity index (χ1v) is 9.99. The number of oxime groups is 1. The van der Waals surface area contributed by atoms with Crippen LogP contribution < -0.4 is 9.47 Å². The second-order valence-electron chi connectivity index (χ2n) is 6.24. The third-order valence-electron chi connectivity index (χ3n) is 4.54. The number of hydrogen-bond acceptors (Lipinski definition) is 7. The first-order chi connectivity index (χ1) is 14.1. The summed E-state index contributed by atoms with van der Waals surface area (Å²) >= 11 is 1.42. The third-order valence-corrected chi connectivity index (χ3v) is 5.40. The van der Waals surface area contributed by atoms with Crippen LogP contribution in [0.25, 0.3) is 0 Å². The van der Waals surface area contributed by atoms with E-state index in [1.54, 1.807) is 36.2 Å². The van der Waals surface area contributed by atoms with Crippen molar-refractivity contribution in [2.75, 3.05) is 47.0 Å². The molecule has 154 valence electrons. The van der Waals surface area contributed by atoms with E-state index in [2.05, 4.69) is 5.16 Å². The second-order valence-corrected chi connectivity index (χ2v) is 7.19. The van der Waals surface area contributed by atoms with Gasteiger partial charge in [-0.25, -0.2) is 0 Å². The molecular formula is C20H23N3O5S. The van der Waals surface area contributed by atoms with Crippen molar-refractivity contribution < 1.29 is 23.9 Å². The SMILES string of the molecule is COc1cccc(/C=N\OCC(=O)N2CCN(C(=O)c3cccs3)CC2)c1OC. The van der Waals surface area contributed by atoms with Gasteiger partial charge in [0, 0.05) is 31.7 Å². The lowest BCUT2D eigenvalue weighted by atomic mass is 10.2. The zero-order valence-corrected chi connectivity index (χ0v) is 17.2. The Morgan fingerprint density at radius 3 is 2.48 bits per heavy atom. The Kier molecular flexibility index (Phi) is 7.07. The van der Waals surface area contributed by atoms with E-state index in [1.807, 2.05) is 23.6 Å². The summed E-state index contributed by atoms with van der Waals surface area (Å²) in [4.78, 5) is 34.0. The molecule has 0 N–H and O–H groups in total. The lowest BCUT2D eigenvalue weighted by Crippen LogP contribution is -2.51. The molecule has 1 aromatic heterocycles. The number of carbonyl (C=O) groups excluding carboxylic acids is 2. The molecule has 9 heteroatoms. The highest BCUT2D eigenvalue weighted by Crippen LogP contribution is 2.29. The second kappa shape index (κ2) is 9.92. The number of thiophene rings is 1. The molecule has 0 aliphatic carbocycles. The number of nitrogens with zero attached hydrogens (tertiary/aromatic N) is 3. The number of hydrogen-bond donors (Lipinski definition) is 0. The monoisotopic (exact) mass is 417 g/mol. The molecule has 1 aliphatic heterocycles. The van der Waals surface area contributed by atoms with E-state index in [1.165, 1.54) is 17.6 Å². The van der Waals surface area contributed by atoms with Gasteiger partial charge in [0.1, 0.15) is 0 Å². The molecular weight excluding hydrogens is 394 g/mol. The number of benzene rings is 1. The summed E-state index contributed by atoms with van der Waals surface area (Å²) in [7, 11) is 3.10. The molecule has 3 rings (SSSR count). The van der Waals surface area contributed by atoms with Crippen molar-refractivity contribution in [3.8, 4) is 11.5 Å². The van der Waals surface area contributed by atoms with Gasteiger partial charge in [-0.3, -0.25) is 9.59 Å². The minimum Gasteiger partial charge on any atom is -0.493 e. The van der Waals surface area contributed by atoms with E-state index in [9.17, 15) is 9.59 Å². The van der Waals surface area contributed by atoms with Crippen LogP contribution in [-0.2, 0) is 9.63 Å². The zero-order valence-electron chi connectivity index (χ0n) is 16.4. The highest BCUT2D eigenvalue weighted by molar-refractivity contribution is 7.12. The van der Waals surface area contributed by atoms with E-state index in [0.29, 0.717) is 43.2 Å². The van der Waals surface area contributed by atoms with Gasteiger partial charge in [-0.05, 0) is 23.6 Å². The van der Waals surface area contributed by atoms with Crippen molar-refractivity contribution >= 4 is 29.4 Å². The Balaban J connectivity index is 1.46. The lowest BCUT2D eigenvalue weighted by Gasteiger charge is -2.34. The molecule has 0 unspecified atom stereocenters. The fraction of sp³-hybridized carbons (Fsp3) is 0.350. The number of para-hydroxylation sites is 1. The van der Waals surface area contributed by atoms with Crippen molar-refractivity contribution in [2.24, 2.45) is 5.16 Å². The molecule has 1 aliphatic rings. The van der Waals surface area contributed by atoms with E-state index in [4.69, 9.17) is 14.3 Å². The molecule has 2 heterocycles. The summed E-state index contributed by atoms with van der Waals surface area (Å²) < 4.78 is 10.6. The van der Waals surface area contributed by atoms with Crippen LogP contribution in [0.3, 0.4) is 0 Å². The van der Waals surface area contributed by atoms with Crippen LogP contribution >= 0.6 is 11.3 Å². The summed E-state index contributed by atoms with van der Waals surface area (Å²) in [6.07, 6.45) is 1.48. The topological polar surface area (TPSA) is 80.7 Å². The number of methoxy groups -OCH3 is 2. The smallest absolute Gasteiger partial charge is 0.264 e. The van der Waals surface area contributed by atoms with Crippen LogP contribution in [0.1, 0.15) is 15.2 Å². The zero-order chi connectivity index (χ0) is 20.6. The highest BCUT2D eigenvalue weighted by atomic mass is 32.1. The van der Waals surface area contributed by atoms with Gasteiger partial charge in [0.15, 0.2) is 18.1 Å². The third kappa shape index (κ3) is 5.05. The van der Waals surface area contributed by atoms with Crippen molar-refractivity contribution in [3.05, 3.63) is 46.2 Å². The minimum absolute atomic E-state index is 0.0141. The Hall–Kier alpha value is -3.07. The van der Waals surface area contributed by atoms with Gasteiger partial charge >= 0.3 is 0 Å². The molecule has 8 nitrogen and oxygen atoms in total. The van der Waals surface area contributed by atoms with Gasteiger partial charge in [0.05, 0.1) is 25.3 Å². The van der Waals surface area contributed by atoms with Gasteiger partial charge in [-0.1, -0.05) is 17.3 Å². The van der Waals surface area contributed by atoms with Gasteiger partial charge in [-0.2, -0.15) is 0 Å². The minimum atomic E-state index is -0.165. The lowest BCUT2D eigenvalue weighted by molar-refractivity contribution is -0.137. The number of carbonyl (C=O) groups is 2. The molecule has 2 amide bonds. The standard InChI is InChI=1S/C20H23N3O5S/c1-26-16-6-3-5-15(19(16)27-2)13-21-28-14-18(24)22-8-10-23(11-9-22)20(25)17-7-4-12-29-17/h3-7,12-13H,8-11,14H2,1-2H3/b21-13-. The first kappa shape index (κ1) is 20.7. The van der Waals surface area contributed by atoms with Gasteiger partial charge in [0.25, 0.3) is 11.8 Å². The van der Waals surface area contributed by atoms with Crippen LogP contribution in [0.2, 0.25) is 0 Å². The van der Waals surface area contributed by atoms with Crippen LogP contribution in [0, 0.1) is 0 Å². The normalized spacial score (nSPS) is 14.1. The molecule has 2 aromatic rings. The summed E-state index contributed by atoms with van der Waals surface area (Å²) in [5.74, 6) is 0.978. The van der Waals surface area contributed by atoms with E-state index < -0.39 is 0 Å². The molecule has 0 bridgehead atoms. The Bertz CT molecular complexity index is 861. The fourth-order valence-electron chi connectivity index (χ4n) is 3.01. The molecule has 0 radical (unpaired) electrons. The summed E-state index contributed by atoms with van der Waals surface area (Å²) in [5, 5.41) is 5.75. The molecule has 1 aromatic carbocycles. The predicted molar refractivity (Wildman–Crippen MR) is 110 cm³/mol. The van der Waals surface area contributed by atoms with Crippen LogP contribution in [0.5, 0.6) is 11.5 Å². The van der Waals surface area contributed by atoms with Crippen molar-refractivity contribution in [1.82, 2.24) is 9.80 Å². The summed E-state index contributed by atoms with van der Waals surface area (Å²) in [5.41, 5.74) is 0.681. The predicted octanol–water partition coefficient (Wildman–Crippen LogP) is 2.10. The number of rotatable bonds is 7. The van der Waals surface area contributed by atoms with Gasteiger partial charge < -0.3 is 24.1 Å². The molecule has 1 saturated heterocycles. The van der Waals surface area contributed by atoms with E-state index >= 15 is 0 Å². The maximum Gasteiger partial charge on any atom is 0.264 e. The first-order valence-electron chi connectivity index (χ1n) is 9.11. The highest BCUT2D eigenvalue weighted by Gasteiger charge is 2.25. The summed E-state index contributed by atoms with van der Waals surface area (Å²) in [6, 6.07) is 9.07. The van der Waals surface area contributed by atoms with Crippen LogP contribution in [0.4, 0.5) is 0 Å². The maximum absolute atomic E-state index is 12.4. The number of ether oxygens (including phenoxy) is 2. The Morgan fingerprint density at radius 2 is 1.83 bits per heavy atom. The van der Waals surface area contributed by atoms with Crippen molar-refractivity contribution in [3.63, 3.8) is 0 Å². The summed E-state index contributed by atoms with van der Waals surface area (Å²) in [6.45, 7) is 1.81. The molecule has 0 atom stereocenters. The largest absolute Gasteiger partial charge is 0.493 e. The van der Waals surface area contributed by atoms with Crippen LogP contribution in [-0.4, -0.2) is 74.8 Å². The van der Waals surface area contributed by atoms with Crippen molar-refractivity contribution in [1.29, 1.82) is 0 Å². The van der Waals surface area contributed by atoms with E-state index in [0.717, 1.165) is 4.88 Å². The Morgan fingerprint density at radius 1 is 1.07 bits per heavy atom. The molecule has 29 heavy (non-hydrogen) atoms. The van der Waals surface area contributed by atoms with Crippen LogP contribution in [0.15, 0.2) is 40.9 Å². The quantitative estimate of drug-likeness (QED) is 0.509.